The lowest BCUT2D eigenvalue weighted by Gasteiger charge is -2.22. The first-order valence-electron chi connectivity index (χ1n) is 14.0. The minimum Gasteiger partial charge on any atom is -0.493 e. The summed E-state index contributed by atoms with van der Waals surface area (Å²) in [5, 5.41) is 0. The monoisotopic (exact) mass is 596 g/mol. The van der Waals surface area contributed by atoms with Crippen molar-refractivity contribution in [3.8, 4) is 51.7 Å². The van der Waals surface area contributed by atoms with Gasteiger partial charge >= 0.3 is 0 Å². The van der Waals surface area contributed by atoms with E-state index in [0.717, 1.165) is 16.7 Å². The van der Waals surface area contributed by atoms with Gasteiger partial charge in [0, 0.05) is 12.8 Å². The summed E-state index contributed by atoms with van der Waals surface area (Å²) in [6.07, 6.45) is 4.62. The Morgan fingerprint density at radius 3 is 1.12 bits per heavy atom. The lowest BCUT2D eigenvalue weighted by Crippen LogP contribution is -2.18. The van der Waals surface area contributed by atoms with Gasteiger partial charge in [-0.15, -0.1) is 0 Å². The molecule has 0 unspecified atom stereocenters. The Hall–Kier alpha value is -4.40. The first-order chi connectivity index (χ1) is 20.7. The maximum atomic E-state index is 6.38. The highest BCUT2D eigenvalue weighted by atomic mass is 16.6. The molecule has 3 aromatic carbocycles. The number of ether oxygens (including phenoxy) is 9. The molecule has 234 valence electrons. The third kappa shape index (κ3) is 8.12. The Balaban J connectivity index is 1.82. The van der Waals surface area contributed by atoms with Crippen LogP contribution < -0.4 is 42.6 Å². The van der Waals surface area contributed by atoms with E-state index in [1.165, 1.54) is 0 Å². The number of methoxy groups -OCH3 is 7. The van der Waals surface area contributed by atoms with Crippen LogP contribution in [0.5, 0.6) is 51.7 Å². The first-order valence-corrected chi connectivity index (χ1v) is 14.0. The van der Waals surface area contributed by atoms with Crippen LogP contribution in [0.3, 0.4) is 0 Å². The SMILES string of the molecule is C/C=C/c1cc(OC)c(O[C@H](C)Cc2cc(OC)c(O[C@H](C)Cc3cc(OC)c(OC)c(OC)c3)c(OC)c2)c(OC)c1. The second kappa shape index (κ2) is 15.7. The van der Waals surface area contributed by atoms with Gasteiger partial charge in [0.05, 0.1) is 49.8 Å². The van der Waals surface area contributed by atoms with Gasteiger partial charge in [-0.1, -0.05) is 12.2 Å². The van der Waals surface area contributed by atoms with Crippen LogP contribution in [-0.2, 0) is 12.8 Å². The Morgan fingerprint density at radius 1 is 0.488 bits per heavy atom. The highest BCUT2D eigenvalue weighted by molar-refractivity contribution is 5.62. The molecule has 0 aromatic heterocycles. The van der Waals surface area contributed by atoms with Crippen molar-refractivity contribution in [2.75, 3.05) is 49.8 Å². The quantitative estimate of drug-likeness (QED) is 0.177. The molecule has 9 heteroatoms. The van der Waals surface area contributed by atoms with E-state index in [1.807, 2.05) is 69.3 Å². The number of benzene rings is 3. The molecule has 3 rings (SSSR count). The summed E-state index contributed by atoms with van der Waals surface area (Å²) < 4.78 is 51.9. The van der Waals surface area contributed by atoms with Gasteiger partial charge in [-0.25, -0.2) is 0 Å². The highest BCUT2D eigenvalue weighted by Gasteiger charge is 2.22. The Kier molecular flexibility index (Phi) is 12.1. The summed E-state index contributed by atoms with van der Waals surface area (Å²) in [5.74, 6) is 5.09. The number of rotatable bonds is 16. The van der Waals surface area contributed by atoms with Crippen molar-refractivity contribution >= 4 is 6.08 Å². The van der Waals surface area contributed by atoms with Crippen molar-refractivity contribution in [3.05, 3.63) is 59.2 Å². The van der Waals surface area contributed by atoms with E-state index in [2.05, 4.69) is 0 Å². The van der Waals surface area contributed by atoms with Gasteiger partial charge in [0.2, 0.25) is 17.2 Å². The van der Waals surface area contributed by atoms with E-state index >= 15 is 0 Å². The van der Waals surface area contributed by atoms with Gasteiger partial charge in [0.15, 0.2) is 34.5 Å². The summed E-state index contributed by atoms with van der Waals surface area (Å²) in [6.45, 7) is 5.93. The van der Waals surface area contributed by atoms with Crippen molar-refractivity contribution in [3.63, 3.8) is 0 Å². The maximum Gasteiger partial charge on any atom is 0.203 e. The highest BCUT2D eigenvalue weighted by Crippen LogP contribution is 2.43. The smallest absolute Gasteiger partial charge is 0.203 e. The van der Waals surface area contributed by atoms with Gasteiger partial charge in [-0.2, -0.15) is 0 Å². The average Bonchev–Trinajstić information content (AvgIpc) is 3.01. The fourth-order valence-corrected chi connectivity index (χ4v) is 4.88. The van der Waals surface area contributed by atoms with E-state index in [4.69, 9.17) is 42.6 Å². The largest absolute Gasteiger partial charge is 0.493 e. The van der Waals surface area contributed by atoms with Gasteiger partial charge in [-0.05, 0) is 73.9 Å². The fourth-order valence-electron chi connectivity index (χ4n) is 4.88. The topological polar surface area (TPSA) is 83.1 Å². The lowest BCUT2D eigenvalue weighted by atomic mass is 10.1. The molecule has 0 saturated heterocycles. The minimum absolute atomic E-state index is 0.226. The fraction of sp³-hybridized carbons (Fsp3) is 0.412. The zero-order chi connectivity index (χ0) is 31.5. The van der Waals surface area contributed by atoms with E-state index in [9.17, 15) is 0 Å². The third-order valence-electron chi connectivity index (χ3n) is 6.77. The lowest BCUT2D eigenvalue weighted by molar-refractivity contribution is 0.197. The number of hydrogen-bond donors (Lipinski definition) is 0. The third-order valence-corrected chi connectivity index (χ3v) is 6.77. The zero-order valence-corrected chi connectivity index (χ0v) is 26.9. The predicted molar refractivity (Wildman–Crippen MR) is 167 cm³/mol. The molecule has 0 aliphatic heterocycles. The minimum atomic E-state index is -0.232. The molecule has 0 saturated carbocycles. The Morgan fingerprint density at radius 2 is 0.814 bits per heavy atom. The molecule has 0 fully saturated rings. The van der Waals surface area contributed by atoms with Gasteiger partial charge in [-0.3, -0.25) is 0 Å². The van der Waals surface area contributed by atoms with Gasteiger partial charge in [0.25, 0.3) is 0 Å². The standard InChI is InChI=1S/C34H44O9/c1-11-12-23-15-28(37-6)33(29(16-23)38-7)42-22(3)14-25-19-30(39-8)34(31(20-25)40-9)43-21(2)13-24-17-26(35-4)32(41-10)27(18-24)36-5/h11-12,15-22H,13-14H2,1-10H3/b12-11+/t21-,22-/m1/s1. The van der Waals surface area contributed by atoms with Crippen molar-refractivity contribution in [2.24, 2.45) is 0 Å². The van der Waals surface area contributed by atoms with Crippen LogP contribution in [0.1, 0.15) is 37.5 Å². The molecule has 43 heavy (non-hydrogen) atoms. The average molecular weight is 597 g/mol. The molecule has 0 N–H and O–H groups in total. The predicted octanol–water partition coefficient (Wildman–Crippen LogP) is 6.80. The molecule has 0 spiro atoms. The summed E-state index contributed by atoms with van der Waals surface area (Å²) in [5.41, 5.74) is 2.88. The normalized spacial score (nSPS) is 12.3. The summed E-state index contributed by atoms with van der Waals surface area (Å²) in [7, 11) is 11.2. The van der Waals surface area contributed by atoms with E-state index in [1.54, 1.807) is 49.8 Å². The van der Waals surface area contributed by atoms with E-state index in [-0.39, 0.29) is 12.2 Å². The van der Waals surface area contributed by atoms with Crippen LogP contribution in [0.25, 0.3) is 6.08 Å². The number of hydrogen-bond acceptors (Lipinski definition) is 9. The van der Waals surface area contributed by atoms with Gasteiger partial charge < -0.3 is 42.6 Å². The molecule has 0 amide bonds. The second-order valence-corrected chi connectivity index (χ2v) is 9.88. The van der Waals surface area contributed by atoms with Crippen molar-refractivity contribution in [1.82, 2.24) is 0 Å². The van der Waals surface area contributed by atoms with Crippen LogP contribution in [-0.4, -0.2) is 62.0 Å². The van der Waals surface area contributed by atoms with Crippen molar-refractivity contribution in [2.45, 2.75) is 45.8 Å². The van der Waals surface area contributed by atoms with Crippen molar-refractivity contribution < 1.29 is 42.6 Å². The molecule has 2 atom stereocenters. The van der Waals surface area contributed by atoms with Crippen molar-refractivity contribution in [1.29, 1.82) is 0 Å². The van der Waals surface area contributed by atoms with Crippen LogP contribution in [0.15, 0.2) is 42.5 Å². The molecule has 0 heterocycles. The molecule has 0 bridgehead atoms. The van der Waals surface area contributed by atoms with Crippen LogP contribution in [0.4, 0.5) is 0 Å². The van der Waals surface area contributed by atoms with E-state index < -0.39 is 0 Å². The Labute approximate surface area is 255 Å². The van der Waals surface area contributed by atoms with Crippen LogP contribution in [0.2, 0.25) is 0 Å². The molecule has 0 radical (unpaired) electrons. The molecule has 3 aromatic rings. The summed E-state index contributed by atoms with van der Waals surface area (Å²) in [6, 6.07) is 11.5. The van der Waals surface area contributed by atoms with Crippen LogP contribution in [0, 0.1) is 0 Å². The Bertz CT molecular complexity index is 1310. The van der Waals surface area contributed by atoms with Crippen LogP contribution >= 0.6 is 0 Å². The molecular weight excluding hydrogens is 552 g/mol. The van der Waals surface area contributed by atoms with E-state index in [0.29, 0.717) is 64.6 Å². The zero-order valence-electron chi connectivity index (χ0n) is 26.9. The molecule has 0 aliphatic carbocycles. The first kappa shape index (κ1) is 33.1. The second-order valence-electron chi connectivity index (χ2n) is 9.88. The molecular formula is C34H44O9. The molecule has 9 nitrogen and oxygen atoms in total. The maximum absolute atomic E-state index is 6.38. The number of allylic oxidation sites excluding steroid dienone is 1. The summed E-state index contributed by atoms with van der Waals surface area (Å²) >= 11 is 0. The summed E-state index contributed by atoms with van der Waals surface area (Å²) in [4.78, 5) is 0. The molecule has 0 aliphatic rings. The van der Waals surface area contributed by atoms with Gasteiger partial charge in [0.1, 0.15) is 12.2 Å².